The lowest BCUT2D eigenvalue weighted by Crippen LogP contribution is -2.26. The van der Waals surface area contributed by atoms with Crippen molar-refractivity contribution in [2.75, 3.05) is 25.1 Å². The molecule has 1 atom stereocenters. The summed E-state index contributed by atoms with van der Waals surface area (Å²) in [4.78, 5) is 0. The van der Waals surface area contributed by atoms with Crippen LogP contribution in [-0.2, 0) is 4.74 Å². The van der Waals surface area contributed by atoms with Gasteiger partial charge >= 0.3 is 0 Å². The van der Waals surface area contributed by atoms with Gasteiger partial charge in [-0.1, -0.05) is 0 Å². The largest absolute Gasteiger partial charge is 0.389 e. The highest BCUT2D eigenvalue weighted by Gasteiger charge is 2.25. The van der Waals surface area contributed by atoms with Crippen LogP contribution in [0.4, 0.5) is 27.6 Å². The topological polar surface area (TPSA) is 41.5 Å². The standard InChI is InChI=1S/C11H12F5NO2/c1-2-19-4-5(18)3-17-11-9(15)7(13)6(12)8(14)10(11)16/h5,17-18H,2-4H2,1H3. The van der Waals surface area contributed by atoms with Gasteiger partial charge < -0.3 is 15.2 Å². The molecule has 0 amide bonds. The fourth-order valence-electron chi connectivity index (χ4n) is 1.29. The normalized spacial score (nSPS) is 12.6. The summed E-state index contributed by atoms with van der Waals surface area (Å²) in [6.45, 7) is 1.45. The van der Waals surface area contributed by atoms with Crippen molar-refractivity contribution in [3.8, 4) is 0 Å². The quantitative estimate of drug-likeness (QED) is 0.478. The molecule has 8 heteroatoms. The van der Waals surface area contributed by atoms with E-state index in [4.69, 9.17) is 4.74 Å². The van der Waals surface area contributed by atoms with Crippen LogP contribution in [0.5, 0.6) is 0 Å². The van der Waals surface area contributed by atoms with Crippen molar-refractivity contribution in [2.45, 2.75) is 13.0 Å². The molecule has 0 saturated heterocycles. The number of aliphatic hydroxyl groups is 1. The number of aliphatic hydroxyl groups excluding tert-OH is 1. The summed E-state index contributed by atoms with van der Waals surface area (Å²) >= 11 is 0. The number of hydrogen-bond donors (Lipinski definition) is 2. The van der Waals surface area contributed by atoms with E-state index in [1.807, 2.05) is 5.32 Å². The molecule has 1 unspecified atom stereocenters. The zero-order chi connectivity index (χ0) is 14.6. The fourth-order valence-corrected chi connectivity index (χ4v) is 1.29. The molecule has 0 aliphatic carbocycles. The van der Waals surface area contributed by atoms with Crippen molar-refractivity contribution in [1.29, 1.82) is 0 Å². The third-order valence-corrected chi connectivity index (χ3v) is 2.24. The SMILES string of the molecule is CCOCC(O)CNc1c(F)c(F)c(F)c(F)c1F. The molecule has 0 aliphatic rings. The molecular formula is C11H12F5NO2. The predicted molar refractivity (Wildman–Crippen MR) is 57.2 cm³/mol. The molecule has 3 nitrogen and oxygen atoms in total. The fraction of sp³-hybridized carbons (Fsp3) is 0.455. The van der Waals surface area contributed by atoms with Crippen molar-refractivity contribution < 1.29 is 31.8 Å². The van der Waals surface area contributed by atoms with Crippen LogP contribution in [0.25, 0.3) is 0 Å². The Morgan fingerprint density at radius 2 is 1.47 bits per heavy atom. The van der Waals surface area contributed by atoms with Crippen molar-refractivity contribution in [3.05, 3.63) is 29.1 Å². The molecule has 0 aromatic heterocycles. The van der Waals surface area contributed by atoms with Gasteiger partial charge in [0.1, 0.15) is 5.69 Å². The molecule has 0 saturated carbocycles. The number of anilines is 1. The van der Waals surface area contributed by atoms with Gasteiger partial charge in [0.05, 0.1) is 12.7 Å². The van der Waals surface area contributed by atoms with Crippen molar-refractivity contribution in [3.63, 3.8) is 0 Å². The molecule has 0 bridgehead atoms. The Kier molecular flexibility index (Phi) is 5.49. The Bertz CT molecular complexity index is 426. The summed E-state index contributed by atoms with van der Waals surface area (Å²) in [6.07, 6.45) is -1.14. The second kappa shape index (κ2) is 6.67. The second-order valence-corrected chi connectivity index (χ2v) is 3.64. The van der Waals surface area contributed by atoms with Crippen LogP contribution in [0.15, 0.2) is 0 Å². The van der Waals surface area contributed by atoms with Gasteiger partial charge in [-0.2, -0.15) is 0 Å². The van der Waals surface area contributed by atoms with Gasteiger partial charge in [0.15, 0.2) is 23.3 Å². The highest BCUT2D eigenvalue weighted by atomic mass is 19.2. The minimum Gasteiger partial charge on any atom is -0.389 e. The summed E-state index contributed by atoms with van der Waals surface area (Å²) in [5.74, 6) is -10.3. The van der Waals surface area contributed by atoms with E-state index in [2.05, 4.69) is 0 Å². The zero-order valence-corrected chi connectivity index (χ0v) is 9.94. The minimum atomic E-state index is -2.23. The van der Waals surface area contributed by atoms with Crippen molar-refractivity contribution in [2.24, 2.45) is 0 Å². The van der Waals surface area contributed by atoms with E-state index in [-0.39, 0.29) is 6.61 Å². The first-order valence-corrected chi connectivity index (χ1v) is 5.41. The lowest BCUT2D eigenvalue weighted by molar-refractivity contribution is 0.0495. The van der Waals surface area contributed by atoms with Crippen LogP contribution in [0, 0.1) is 29.1 Å². The molecule has 108 valence electrons. The van der Waals surface area contributed by atoms with Crippen LogP contribution < -0.4 is 5.32 Å². The maximum absolute atomic E-state index is 13.2. The van der Waals surface area contributed by atoms with Gasteiger partial charge in [0.2, 0.25) is 5.82 Å². The third-order valence-electron chi connectivity index (χ3n) is 2.24. The van der Waals surface area contributed by atoms with Crippen LogP contribution in [0.2, 0.25) is 0 Å². The van der Waals surface area contributed by atoms with E-state index in [0.717, 1.165) is 0 Å². The van der Waals surface area contributed by atoms with Crippen LogP contribution in [-0.4, -0.2) is 31.0 Å². The van der Waals surface area contributed by atoms with E-state index >= 15 is 0 Å². The number of nitrogens with one attached hydrogen (secondary N) is 1. The average Bonchev–Trinajstić information content (AvgIpc) is 2.40. The Labute approximate surface area is 106 Å². The molecule has 0 radical (unpaired) electrons. The number of halogens is 5. The Morgan fingerprint density at radius 1 is 1.00 bits per heavy atom. The van der Waals surface area contributed by atoms with Crippen LogP contribution in [0.1, 0.15) is 6.92 Å². The summed E-state index contributed by atoms with van der Waals surface area (Å²) in [6, 6.07) is 0. The Balaban J connectivity index is 2.84. The molecule has 2 N–H and O–H groups in total. The zero-order valence-electron chi connectivity index (χ0n) is 9.94. The first-order chi connectivity index (χ1) is 8.90. The molecule has 1 aromatic carbocycles. The van der Waals surface area contributed by atoms with Crippen LogP contribution >= 0.6 is 0 Å². The molecule has 0 spiro atoms. The lowest BCUT2D eigenvalue weighted by atomic mass is 10.2. The van der Waals surface area contributed by atoms with Gasteiger partial charge in [-0.3, -0.25) is 0 Å². The average molecular weight is 285 g/mol. The maximum Gasteiger partial charge on any atom is 0.200 e. The molecule has 1 aromatic rings. The van der Waals surface area contributed by atoms with Gasteiger partial charge in [0.25, 0.3) is 0 Å². The molecule has 0 aliphatic heterocycles. The monoisotopic (exact) mass is 285 g/mol. The maximum atomic E-state index is 13.2. The van der Waals surface area contributed by atoms with E-state index in [9.17, 15) is 27.1 Å². The second-order valence-electron chi connectivity index (χ2n) is 3.64. The highest BCUT2D eigenvalue weighted by Crippen LogP contribution is 2.26. The van der Waals surface area contributed by atoms with Gasteiger partial charge in [0, 0.05) is 13.2 Å². The summed E-state index contributed by atoms with van der Waals surface area (Å²) in [7, 11) is 0. The van der Waals surface area contributed by atoms with E-state index in [1.54, 1.807) is 6.92 Å². The molecule has 19 heavy (non-hydrogen) atoms. The first kappa shape index (κ1) is 15.6. The van der Waals surface area contributed by atoms with E-state index < -0.39 is 47.4 Å². The predicted octanol–water partition coefficient (Wildman–Crippen LogP) is 2.19. The summed E-state index contributed by atoms with van der Waals surface area (Å²) in [5.41, 5.74) is -1.17. The highest BCUT2D eigenvalue weighted by molar-refractivity contribution is 5.47. The molecule has 0 fully saturated rings. The number of rotatable bonds is 6. The smallest absolute Gasteiger partial charge is 0.200 e. The molecule has 0 heterocycles. The lowest BCUT2D eigenvalue weighted by Gasteiger charge is -2.14. The Morgan fingerprint density at radius 3 is 1.95 bits per heavy atom. The van der Waals surface area contributed by atoms with Crippen molar-refractivity contribution >= 4 is 5.69 Å². The number of hydrogen-bond acceptors (Lipinski definition) is 3. The van der Waals surface area contributed by atoms with Crippen LogP contribution in [0.3, 0.4) is 0 Å². The van der Waals surface area contributed by atoms with Gasteiger partial charge in [-0.25, -0.2) is 22.0 Å². The van der Waals surface area contributed by atoms with Gasteiger partial charge in [-0.15, -0.1) is 0 Å². The van der Waals surface area contributed by atoms with Crippen molar-refractivity contribution in [1.82, 2.24) is 0 Å². The minimum absolute atomic E-state index is 0.126. The van der Waals surface area contributed by atoms with E-state index in [1.165, 1.54) is 0 Å². The van der Waals surface area contributed by atoms with Gasteiger partial charge in [-0.05, 0) is 6.92 Å². The summed E-state index contributed by atoms with van der Waals surface area (Å²) < 4.78 is 69.7. The number of benzene rings is 1. The first-order valence-electron chi connectivity index (χ1n) is 5.41. The number of ether oxygens (including phenoxy) is 1. The molecular weight excluding hydrogens is 273 g/mol. The summed E-state index contributed by atoms with van der Waals surface area (Å²) in [5, 5.41) is 11.3. The molecule has 1 rings (SSSR count). The third kappa shape index (κ3) is 3.54. The Hall–Kier alpha value is -1.41. The van der Waals surface area contributed by atoms with E-state index in [0.29, 0.717) is 6.61 Å².